The van der Waals surface area contributed by atoms with Crippen molar-refractivity contribution in [3.63, 3.8) is 0 Å². The lowest BCUT2D eigenvalue weighted by molar-refractivity contribution is 0.0439. The molecule has 0 radical (unpaired) electrons. The Morgan fingerprint density at radius 1 is 1.71 bits per heavy atom. The van der Waals surface area contributed by atoms with Crippen molar-refractivity contribution in [2.45, 2.75) is 31.7 Å². The molecule has 0 amide bonds. The van der Waals surface area contributed by atoms with E-state index in [0.29, 0.717) is 4.88 Å². The average molecular weight is 233 g/mol. The second kappa shape index (κ2) is 6.04. The summed E-state index contributed by atoms with van der Waals surface area (Å²) in [5, 5.41) is 1.84. The van der Waals surface area contributed by atoms with Gasteiger partial charge >= 0.3 is 5.97 Å². The summed E-state index contributed by atoms with van der Waals surface area (Å²) in [4.78, 5) is 12.0. The first kappa shape index (κ1) is 11.5. The van der Waals surface area contributed by atoms with Gasteiger partial charge in [-0.15, -0.1) is 11.3 Å². The lowest BCUT2D eigenvalue weighted by Gasteiger charge is -2.09. The van der Waals surface area contributed by atoms with E-state index in [-0.39, 0.29) is 5.97 Å². The van der Waals surface area contributed by atoms with Crippen molar-refractivity contribution in [3.8, 4) is 0 Å². The monoisotopic (exact) mass is 232 g/mol. The third-order valence-electron chi connectivity index (χ3n) is 1.74. The normalized spacial score (nSPS) is 12.4. The minimum atomic E-state index is -0.496. The van der Waals surface area contributed by atoms with Crippen molar-refractivity contribution in [2.24, 2.45) is 0 Å². The first-order valence-electron chi connectivity index (χ1n) is 4.62. The second-order valence-corrected chi connectivity index (χ2v) is 4.37. The summed E-state index contributed by atoms with van der Waals surface area (Å²) < 4.78 is 5.03. The third-order valence-corrected chi connectivity index (χ3v) is 2.90. The lowest BCUT2D eigenvalue weighted by Crippen LogP contribution is -2.11. The molecule has 1 aromatic heterocycles. The van der Waals surface area contributed by atoms with E-state index in [1.165, 1.54) is 11.3 Å². The highest BCUT2D eigenvalue weighted by Gasteiger charge is 2.13. The Bertz CT molecular complexity index is 272. The molecule has 0 fully saturated rings. The first-order valence-corrected chi connectivity index (χ1v) is 5.94. The molecule has 0 saturated heterocycles. The largest absolute Gasteiger partial charge is 0.442 e. The number of carbonyl (C=O) groups excluding carboxylic acids is 1. The highest BCUT2D eigenvalue weighted by Crippen LogP contribution is 2.15. The molecule has 1 atom stereocenters. The zero-order valence-electron chi connectivity index (χ0n) is 8.03. The van der Waals surface area contributed by atoms with Crippen LogP contribution in [0.5, 0.6) is 0 Å². The van der Waals surface area contributed by atoms with Gasteiger partial charge in [-0.05, 0) is 24.3 Å². The standard InChI is InChI=1S/C10H13ClO2S/c1-2-3-6-9(11)13-10(12)8-5-4-7-14-8/h4-5,7,9H,2-3,6H2,1H3. The van der Waals surface area contributed by atoms with Gasteiger partial charge < -0.3 is 4.74 Å². The molecule has 0 aliphatic rings. The maximum atomic E-state index is 11.4. The van der Waals surface area contributed by atoms with Crippen LogP contribution in [0.3, 0.4) is 0 Å². The minimum absolute atomic E-state index is 0.323. The second-order valence-electron chi connectivity index (χ2n) is 2.93. The van der Waals surface area contributed by atoms with Crippen LogP contribution in [0.2, 0.25) is 0 Å². The highest BCUT2D eigenvalue weighted by atomic mass is 35.5. The van der Waals surface area contributed by atoms with Gasteiger partial charge in [-0.2, -0.15) is 0 Å². The van der Waals surface area contributed by atoms with Crippen molar-refractivity contribution >= 4 is 28.9 Å². The van der Waals surface area contributed by atoms with Crippen LogP contribution in [0.15, 0.2) is 17.5 Å². The fraction of sp³-hybridized carbons (Fsp3) is 0.500. The SMILES string of the molecule is CCCCC(Cl)OC(=O)c1cccs1. The number of ether oxygens (including phenoxy) is 1. The molecule has 1 unspecified atom stereocenters. The van der Waals surface area contributed by atoms with Crippen molar-refractivity contribution in [2.75, 3.05) is 0 Å². The molecule has 0 aliphatic heterocycles. The smallest absolute Gasteiger partial charge is 0.349 e. The van der Waals surface area contributed by atoms with E-state index in [1.807, 2.05) is 11.4 Å². The van der Waals surface area contributed by atoms with Gasteiger partial charge in [-0.25, -0.2) is 4.79 Å². The maximum absolute atomic E-state index is 11.4. The zero-order valence-corrected chi connectivity index (χ0v) is 9.61. The van der Waals surface area contributed by atoms with Crippen LogP contribution in [-0.4, -0.2) is 11.5 Å². The van der Waals surface area contributed by atoms with Gasteiger partial charge in [-0.3, -0.25) is 0 Å². The van der Waals surface area contributed by atoms with E-state index >= 15 is 0 Å². The van der Waals surface area contributed by atoms with Gasteiger partial charge in [0.2, 0.25) is 0 Å². The number of rotatable bonds is 5. The molecule has 0 bridgehead atoms. The number of hydrogen-bond acceptors (Lipinski definition) is 3. The number of hydrogen-bond donors (Lipinski definition) is 0. The van der Waals surface area contributed by atoms with Gasteiger partial charge in [-0.1, -0.05) is 31.0 Å². The first-order chi connectivity index (χ1) is 6.74. The third kappa shape index (κ3) is 3.68. The summed E-state index contributed by atoms with van der Waals surface area (Å²) in [5.74, 6) is -0.323. The summed E-state index contributed by atoms with van der Waals surface area (Å²) in [6.45, 7) is 2.07. The number of alkyl halides is 1. The molecule has 0 spiro atoms. The van der Waals surface area contributed by atoms with Crippen molar-refractivity contribution in [3.05, 3.63) is 22.4 Å². The summed E-state index contributed by atoms with van der Waals surface area (Å²) in [5.41, 5.74) is -0.496. The molecule has 1 aromatic rings. The zero-order chi connectivity index (χ0) is 10.4. The van der Waals surface area contributed by atoms with Crippen LogP contribution in [0.25, 0.3) is 0 Å². The number of thiophene rings is 1. The van der Waals surface area contributed by atoms with Crippen molar-refractivity contribution < 1.29 is 9.53 Å². The van der Waals surface area contributed by atoms with Gasteiger partial charge in [0, 0.05) is 0 Å². The summed E-state index contributed by atoms with van der Waals surface area (Å²) in [6, 6.07) is 3.55. The number of esters is 1. The topological polar surface area (TPSA) is 26.3 Å². The molecule has 78 valence electrons. The predicted molar refractivity (Wildman–Crippen MR) is 58.9 cm³/mol. The summed E-state index contributed by atoms with van der Waals surface area (Å²) in [6.07, 6.45) is 2.75. The van der Waals surface area contributed by atoms with Gasteiger partial charge in [0.1, 0.15) is 4.88 Å². The molecule has 4 heteroatoms. The van der Waals surface area contributed by atoms with Crippen LogP contribution in [0.4, 0.5) is 0 Å². The average Bonchev–Trinajstić information content (AvgIpc) is 2.67. The van der Waals surface area contributed by atoms with Crippen LogP contribution in [-0.2, 0) is 4.74 Å². The van der Waals surface area contributed by atoms with Crippen molar-refractivity contribution in [1.82, 2.24) is 0 Å². The van der Waals surface area contributed by atoms with Crippen LogP contribution in [0, 0.1) is 0 Å². The fourth-order valence-corrected chi connectivity index (χ4v) is 1.83. The van der Waals surface area contributed by atoms with Crippen molar-refractivity contribution in [1.29, 1.82) is 0 Å². The highest BCUT2D eigenvalue weighted by molar-refractivity contribution is 7.11. The van der Waals surface area contributed by atoms with Crippen LogP contribution in [0.1, 0.15) is 35.9 Å². The molecule has 2 nitrogen and oxygen atoms in total. The van der Waals surface area contributed by atoms with E-state index in [0.717, 1.165) is 19.3 Å². The minimum Gasteiger partial charge on any atom is -0.442 e. The van der Waals surface area contributed by atoms with E-state index < -0.39 is 5.56 Å². The molecule has 0 saturated carbocycles. The van der Waals surface area contributed by atoms with Gasteiger partial charge in [0.25, 0.3) is 0 Å². The Kier molecular flexibility index (Phi) is 4.98. The Balaban J connectivity index is 2.34. The van der Waals surface area contributed by atoms with E-state index in [4.69, 9.17) is 16.3 Å². The molecule has 0 N–H and O–H groups in total. The summed E-state index contributed by atoms with van der Waals surface area (Å²) >= 11 is 7.20. The molecule has 0 aromatic carbocycles. The van der Waals surface area contributed by atoms with E-state index in [2.05, 4.69) is 6.92 Å². The van der Waals surface area contributed by atoms with E-state index in [1.54, 1.807) is 6.07 Å². The molecular formula is C10H13ClO2S. The van der Waals surface area contributed by atoms with Gasteiger partial charge in [0.05, 0.1) is 0 Å². The maximum Gasteiger partial charge on any atom is 0.349 e. The van der Waals surface area contributed by atoms with Crippen LogP contribution < -0.4 is 0 Å². The fourth-order valence-electron chi connectivity index (χ4n) is 0.992. The molecule has 1 heterocycles. The molecule has 1 rings (SSSR count). The number of unbranched alkanes of at least 4 members (excludes halogenated alkanes) is 1. The number of halogens is 1. The van der Waals surface area contributed by atoms with Gasteiger partial charge in [0.15, 0.2) is 5.56 Å². The Morgan fingerprint density at radius 3 is 3.07 bits per heavy atom. The van der Waals surface area contributed by atoms with E-state index in [9.17, 15) is 4.79 Å². The molecule has 14 heavy (non-hydrogen) atoms. The predicted octanol–water partition coefficient (Wildman–Crippen LogP) is 3.66. The molecule has 0 aliphatic carbocycles. The number of carbonyl (C=O) groups is 1. The van der Waals surface area contributed by atoms with Crippen LogP contribution >= 0.6 is 22.9 Å². The quantitative estimate of drug-likeness (QED) is 0.572. The Hall–Kier alpha value is -0.540. The Labute approximate surface area is 92.8 Å². The lowest BCUT2D eigenvalue weighted by atomic mass is 10.3. The Morgan fingerprint density at radius 2 is 2.50 bits per heavy atom. The summed E-state index contributed by atoms with van der Waals surface area (Å²) in [7, 11) is 0. The molecular weight excluding hydrogens is 220 g/mol.